The second-order valence-electron chi connectivity index (χ2n) is 4.18. The molecule has 2 heterocycles. The van der Waals surface area contributed by atoms with Crippen molar-refractivity contribution in [1.29, 1.82) is 0 Å². The molecule has 0 aromatic carbocycles. The minimum atomic E-state index is -0.107. The van der Waals surface area contributed by atoms with Gasteiger partial charge in [-0.15, -0.1) is 0 Å². The third-order valence-corrected chi connectivity index (χ3v) is 2.63. The number of hydrogen-bond acceptors (Lipinski definition) is 4. The standard InChI is InChI=1S/C13H17N3O2/c1-10-3-4-13(12(9-17)15-10)18-6-5-11-7-14-16(2)8-11/h3-4,7-8,17H,5-6,9H2,1-2H3. The number of aliphatic hydroxyl groups excluding tert-OH is 1. The van der Waals surface area contributed by atoms with E-state index in [9.17, 15) is 5.11 Å². The largest absolute Gasteiger partial charge is 0.491 e. The molecule has 0 fully saturated rings. The molecule has 2 rings (SSSR count). The molecule has 0 spiro atoms. The lowest BCUT2D eigenvalue weighted by molar-refractivity contribution is 0.258. The highest BCUT2D eigenvalue weighted by molar-refractivity contribution is 5.28. The highest BCUT2D eigenvalue weighted by Gasteiger charge is 2.05. The fourth-order valence-corrected chi connectivity index (χ4v) is 1.72. The Labute approximate surface area is 106 Å². The summed E-state index contributed by atoms with van der Waals surface area (Å²) in [7, 11) is 1.89. The van der Waals surface area contributed by atoms with E-state index in [1.807, 2.05) is 38.5 Å². The van der Waals surface area contributed by atoms with Crippen molar-refractivity contribution in [3.63, 3.8) is 0 Å². The predicted octanol–water partition coefficient (Wildman–Crippen LogP) is 1.24. The van der Waals surface area contributed by atoms with Crippen molar-refractivity contribution in [2.45, 2.75) is 20.0 Å². The van der Waals surface area contributed by atoms with E-state index in [0.717, 1.165) is 17.7 Å². The first-order valence-electron chi connectivity index (χ1n) is 5.86. The van der Waals surface area contributed by atoms with Gasteiger partial charge in [0, 0.05) is 25.4 Å². The molecule has 0 aliphatic carbocycles. The number of aryl methyl sites for hydroxylation is 2. The Morgan fingerprint density at radius 3 is 2.89 bits per heavy atom. The molecule has 0 radical (unpaired) electrons. The molecule has 0 bridgehead atoms. The zero-order chi connectivity index (χ0) is 13.0. The molecule has 96 valence electrons. The van der Waals surface area contributed by atoms with E-state index in [2.05, 4.69) is 10.1 Å². The van der Waals surface area contributed by atoms with Crippen LogP contribution in [0.5, 0.6) is 5.75 Å². The van der Waals surface area contributed by atoms with Crippen LogP contribution in [-0.4, -0.2) is 26.5 Å². The van der Waals surface area contributed by atoms with Crippen LogP contribution in [0.4, 0.5) is 0 Å². The first kappa shape index (κ1) is 12.6. The number of aliphatic hydroxyl groups is 1. The first-order chi connectivity index (χ1) is 8.69. The lowest BCUT2D eigenvalue weighted by Gasteiger charge is -2.09. The number of aromatic nitrogens is 3. The topological polar surface area (TPSA) is 60.2 Å². The number of ether oxygens (including phenoxy) is 1. The zero-order valence-corrected chi connectivity index (χ0v) is 10.6. The minimum absolute atomic E-state index is 0.107. The Balaban J connectivity index is 1.94. The van der Waals surface area contributed by atoms with Crippen LogP contribution in [0, 0.1) is 6.92 Å². The highest BCUT2D eigenvalue weighted by Crippen LogP contribution is 2.17. The van der Waals surface area contributed by atoms with Crippen LogP contribution in [0.25, 0.3) is 0 Å². The lowest BCUT2D eigenvalue weighted by atomic mass is 10.2. The summed E-state index contributed by atoms with van der Waals surface area (Å²) in [5.74, 6) is 0.645. The summed E-state index contributed by atoms with van der Waals surface area (Å²) >= 11 is 0. The van der Waals surface area contributed by atoms with E-state index in [-0.39, 0.29) is 6.61 Å². The van der Waals surface area contributed by atoms with Gasteiger partial charge in [0.2, 0.25) is 0 Å². The zero-order valence-electron chi connectivity index (χ0n) is 10.6. The van der Waals surface area contributed by atoms with Crippen LogP contribution in [-0.2, 0) is 20.1 Å². The Hall–Kier alpha value is -1.88. The van der Waals surface area contributed by atoms with Gasteiger partial charge in [0.15, 0.2) is 0 Å². The second kappa shape index (κ2) is 5.64. The van der Waals surface area contributed by atoms with E-state index >= 15 is 0 Å². The molecule has 0 unspecified atom stereocenters. The molecule has 1 N–H and O–H groups in total. The van der Waals surface area contributed by atoms with Gasteiger partial charge in [0.1, 0.15) is 11.4 Å². The fraction of sp³-hybridized carbons (Fsp3) is 0.385. The normalized spacial score (nSPS) is 10.6. The lowest BCUT2D eigenvalue weighted by Crippen LogP contribution is -2.05. The molecule has 0 amide bonds. The average Bonchev–Trinajstić information content (AvgIpc) is 2.77. The van der Waals surface area contributed by atoms with E-state index < -0.39 is 0 Å². The molecular formula is C13H17N3O2. The molecule has 2 aromatic rings. The predicted molar refractivity (Wildman–Crippen MR) is 67.3 cm³/mol. The summed E-state index contributed by atoms with van der Waals surface area (Å²) in [4.78, 5) is 4.23. The Kier molecular flexibility index (Phi) is 3.94. The Morgan fingerprint density at radius 1 is 1.39 bits per heavy atom. The molecule has 2 aromatic heterocycles. The summed E-state index contributed by atoms with van der Waals surface area (Å²) in [6.07, 6.45) is 4.57. The van der Waals surface area contributed by atoms with Gasteiger partial charge >= 0.3 is 0 Å². The highest BCUT2D eigenvalue weighted by atomic mass is 16.5. The smallest absolute Gasteiger partial charge is 0.143 e. The monoisotopic (exact) mass is 247 g/mol. The third kappa shape index (κ3) is 3.07. The average molecular weight is 247 g/mol. The van der Waals surface area contributed by atoms with Gasteiger partial charge in [-0.25, -0.2) is 0 Å². The van der Waals surface area contributed by atoms with Crippen LogP contribution in [0.1, 0.15) is 17.0 Å². The maximum Gasteiger partial charge on any atom is 0.143 e. The Morgan fingerprint density at radius 2 is 2.22 bits per heavy atom. The quantitative estimate of drug-likeness (QED) is 0.863. The van der Waals surface area contributed by atoms with E-state index in [1.54, 1.807) is 4.68 Å². The molecule has 0 saturated carbocycles. The van der Waals surface area contributed by atoms with E-state index in [4.69, 9.17) is 4.74 Å². The van der Waals surface area contributed by atoms with Crippen LogP contribution in [0.2, 0.25) is 0 Å². The molecule has 0 aliphatic heterocycles. The first-order valence-corrected chi connectivity index (χ1v) is 5.86. The summed E-state index contributed by atoms with van der Waals surface area (Å²) < 4.78 is 7.40. The fourth-order valence-electron chi connectivity index (χ4n) is 1.72. The number of hydrogen-bond donors (Lipinski definition) is 1. The molecule has 0 atom stereocenters. The van der Waals surface area contributed by atoms with Gasteiger partial charge in [0.05, 0.1) is 19.4 Å². The van der Waals surface area contributed by atoms with Gasteiger partial charge in [-0.1, -0.05) is 0 Å². The van der Waals surface area contributed by atoms with Crippen molar-refractivity contribution in [3.05, 3.63) is 41.5 Å². The number of rotatable bonds is 5. The van der Waals surface area contributed by atoms with Gasteiger partial charge in [0.25, 0.3) is 0 Å². The van der Waals surface area contributed by atoms with Gasteiger partial charge < -0.3 is 9.84 Å². The van der Waals surface area contributed by atoms with Crippen molar-refractivity contribution in [3.8, 4) is 5.75 Å². The van der Waals surface area contributed by atoms with Crippen molar-refractivity contribution < 1.29 is 9.84 Å². The van der Waals surface area contributed by atoms with Crippen LogP contribution < -0.4 is 4.74 Å². The SMILES string of the molecule is Cc1ccc(OCCc2cnn(C)c2)c(CO)n1. The van der Waals surface area contributed by atoms with E-state index in [1.165, 1.54) is 0 Å². The van der Waals surface area contributed by atoms with Gasteiger partial charge in [-0.2, -0.15) is 5.10 Å². The van der Waals surface area contributed by atoms with Crippen LogP contribution in [0.3, 0.4) is 0 Å². The van der Waals surface area contributed by atoms with Crippen molar-refractivity contribution in [1.82, 2.24) is 14.8 Å². The van der Waals surface area contributed by atoms with Crippen molar-refractivity contribution >= 4 is 0 Å². The van der Waals surface area contributed by atoms with Gasteiger partial charge in [-0.05, 0) is 24.6 Å². The van der Waals surface area contributed by atoms with Gasteiger partial charge in [-0.3, -0.25) is 9.67 Å². The van der Waals surface area contributed by atoms with Crippen molar-refractivity contribution in [2.75, 3.05) is 6.61 Å². The minimum Gasteiger partial charge on any atom is -0.491 e. The Bertz CT molecular complexity index is 523. The number of pyridine rings is 1. The van der Waals surface area contributed by atoms with E-state index in [0.29, 0.717) is 18.1 Å². The van der Waals surface area contributed by atoms with Crippen LogP contribution >= 0.6 is 0 Å². The van der Waals surface area contributed by atoms with Crippen molar-refractivity contribution in [2.24, 2.45) is 7.05 Å². The molecular weight excluding hydrogens is 230 g/mol. The van der Waals surface area contributed by atoms with Crippen LogP contribution in [0.15, 0.2) is 24.5 Å². The molecule has 0 aliphatic rings. The second-order valence-corrected chi connectivity index (χ2v) is 4.18. The molecule has 18 heavy (non-hydrogen) atoms. The maximum absolute atomic E-state index is 9.21. The number of nitrogens with zero attached hydrogens (tertiary/aromatic N) is 3. The third-order valence-electron chi connectivity index (χ3n) is 2.63. The molecule has 0 saturated heterocycles. The summed E-state index contributed by atoms with van der Waals surface area (Å²) in [5.41, 5.74) is 2.59. The molecule has 5 nitrogen and oxygen atoms in total. The summed E-state index contributed by atoms with van der Waals surface area (Å²) in [5, 5.41) is 13.3. The summed E-state index contributed by atoms with van der Waals surface area (Å²) in [6.45, 7) is 2.33. The summed E-state index contributed by atoms with van der Waals surface area (Å²) in [6, 6.07) is 3.72. The maximum atomic E-state index is 9.21. The molecule has 5 heteroatoms.